The molecule has 1 aromatic carbocycles. The molecule has 1 aliphatic carbocycles. The molecule has 2 rings (SSSR count). The molecule has 8 heteroatoms. The number of hydrogen-bond donors (Lipinski definition) is 3. The topological polar surface area (TPSA) is 74.8 Å². The van der Waals surface area contributed by atoms with Crippen LogP contribution in [-0.2, 0) is 11.3 Å². The third-order valence-corrected chi connectivity index (χ3v) is 4.00. The third kappa shape index (κ3) is 8.23. The van der Waals surface area contributed by atoms with Crippen LogP contribution in [0.4, 0.5) is 8.78 Å². The number of nitrogens with zero attached hydrogens (tertiary/aromatic N) is 1. The van der Waals surface area contributed by atoms with Crippen LogP contribution < -0.4 is 20.7 Å². The van der Waals surface area contributed by atoms with Gasteiger partial charge in [-0.25, -0.2) is 4.99 Å². The lowest BCUT2D eigenvalue weighted by molar-refractivity contribution is -0.121. The Morgan fingerprint density at radius 2 is 2.11 bits per heavy atom. The Bertz CT molecular complexity index is 649. The summed E-state index contributed by atoms with van der Waals surface area (Å²) in [6.07, 6.45) is 3.31. The molecule has 0 heterocycles. The molecule has 0 unspecified atom stereocenters. The molecule has 1 aromatic rings. The van der Waals surface area contributed by atoms with Crippen molar-refractivity contribution in [1.82, 2.24) is 16.0 Å². The molecule has 0 bridgehead atoms. The zero-order valence-corrected chi connectivity index (χ0v) is 15.9. The summed E-state index contributed by atoms with van der Waals surface area (Å²) in [6.45, 7) is 2.43. The summed E-state index contributed by atoms with van der Waals surface area (Å²) in [4.78, 5) is 16.1. The van der Waals surface area contributed by atoms with Crippen molar-refractivity contribution in [3.8, 4) is 5.75 Å². The van der Waals surface area contributed by atoms with Gasteiger partial charge in [0.2, 0.25) is 5.91 Å². The summed E-state index contributed by atoms with van der Waals surface area (Å²) in [5.41, 5.74) is 1.54. The molecule has 1 amide bonds. The van der Waals surface area contributed by atoms with Gasteiger partial charge >= 0.3 is 6.61 Å². The number of carbonyl (C=O) groups is 1. The normalized spacial score (nSPS) is 14.2. The predicted molar refractivity (Wildman–Crippen MR) is 101 cm³/mol. The second-order valence-corrected chi connectivity index (χ2v) is 6.56. The van der Waals surface area contributed by atoms with E-state index in [0.717, 1.165) is 18.4 Å². The highest BCUT2D eigenvalue weighted by Gasteiger charge is 2.22. The van der Waals surface area contributed by atoms with Gasteiger partial charge in [-0.1, -0.05) is 17.7 Å². The van der Waals surface area contributed by atoms with Crippen molar-refractivity contribution in [3.63, 3.8) is 0 Å². The van der Waals surface area contributed by atoms with Gasteiger partial charge in [-0.3, -0.25) is 4.79 Å². The summed E-state index contributed by atoms with van der Waals surface area (Å²) in [5, 5.41) is 9.22. The number of rotatable bonds is 10. The zero-order chi connectivity index (χ0) is 19.6. The first-order valence-corrected chi connectivity index (χ1v) is 9.33. The van der Waals surface area contributed by atoms with Gasteiger partial charge < -0.3 is 20.7 Å². The van der Waals surface area contributed by atoms with Crippen LogP contribution in [0.2, 0.25) is 0 Å². The van der Waals surface area contributed by atoms with Crippen molar-refractivity contribution in [2.45, 2.75) is 58.7 Å². The zero-order valence-electron chi connectivity index (χ0n) is 15.9. The molecule has 1 aliphatic rings. The van der Waals surface area contributed by atoms with Gasteiger partial charge in [0.15, 0.2) is 5.96 Å². The molecular formula is C19H28F2N4O2. The van der Waals surface area contributed by atoms with E-state index in [1.54, 1.807) is 12.1 Å². The molecule has 150 valence electrons. The van der Waals surface area contributed by atoms with Crippen LogP contribution in [0.25, 0.3) is 0 Å². The maximum atomic E-state index is 12.6. The Morgan fingerprint density at radius 1 is 1.33 bits per heavy atom. The minimum Gasteiger partial charge on any atom is -0.434 e. The molecule has 1 fully saturated rings. The average molecular weight is 382 g/mol. The Morgan fingerprint density at radius 3 is 2.78 bits per heavy atom. The van der Waals surface area contributed by atoms with Crippen molar-refractivity contribution < 1.29 is 18.3 Å². The van der Waals surface area contributed by atoms with E-state index in [9.17, 15) is 13.6 Å². The first-order chi connectivity index (χ1) is 13.0. The average Bonchev–Trinajstić information content (AvgIpc) is 3.42. The van der Waals surface area contributed by atoms with Crippen molar-refractivity contribution in [3.05, 3.63) is 29.3 Å². The fourth-order valence-electron chi connectivity index (χ4n) is 2.53. The molecule has 3 N–H and O–H groups in total. The lowest BCUT2D eigenvalue weighted by atomic mass is 10.1. The number of halogens is 2. The van der Waals surface area contributed by atoms with Crippen LogP contribution in [-0.4, -0.2) is 37.6 Å². The molecule has 0 aliphatic heterocycles. The molecule has 0 spiro atoms. The number of amides is 1. The van der Waals surface area contributed by atoms with Gasteiger partial charge in [0.1, 0.15) is 5.75 Å². The van der Waals surface area contributed by atoms with Gasteiger partial charge in [0.25, 0.3) is 0 Å². The maximum absolute atomic E-state index is 12.6. The van der Waals surface area contributed by atoms with Crippen LogP contribution in [0.3, 0.4) is 0 Å². The largest absolute Gasteiger partial charge is 0.434 e. The summed E-state index contributed by atoms with van der Waals surface area (Å²) in [5.74, 6) is 0.784. The van der Waals surface area contributed by atoms with Crippen LogP contribution in [0.5, 0.6) is 5.75 Å². The Hall–Kier alpha value is -2.38. The van der Waals surface area contributed by atoms with Gasteiger partial charge in [-0.15, -0.1) is 0 Å². The molecule has 0 saturated heterocycles. The quantitative estimate of drug-likeness (QED) is 0.330. The monoisotopic (exact) mass is 382 g/mol. The number of ether oxygens (including phenoxy) is 1. The van der Waals surface area contributed by atoms with Crippen LogP contribution in [0.1, 0.15) is 43.7 Å². The van der Waals surface area contributed by atoms with E-state index in [2.05, 4.69) is 25.7 Å². The van der Waals surface area contributed by atoms with Gasteiger partial charge in [0, 0.05) is 31.1 Å². The fraction of sp³-hybridized carbons (Fsp3) is 0.579. The molecule has 0 atom stereocenters. The predicted octanol–water partition coefficient (Wildman–Crippen LogP) is 2.71. The lowest BCUT2D eigenvalue weighted by Gasteiger charge is -2.13. The summed E-state index contributed by atoms with van der Waals surface area (Å²) < 4.78 is 29.7. The van der Waals surface area contributed by atoms with Crippen molar-refractivity contribution in [2.75, 3.05) is 13.1 Å². The van der Waals surface area contributed by atoms with Crippen molar-refractivity contribution in [2.24, 2.45) is 4.99 Å². The van der Waals surface area contributed by atoms with Gasteiger partial charge in [0.05, 0.1) is 6.54 Å². The minimum absolute atomic E-state index is 0.0785. The number of hydrogen-bond acceptors (Lipinski definition) is 3. The van der Waals surface area contributed by atoms with E-state index < -0.39 is 6.61 Å². The van der Waals surface area contributed by atoms with Crippen LogP contribution in [0.15, 0.2) is 23.2 Å². The second-order valence-electron chi connectivity index (χ2n) is 6.56. The highest BCUT2D eigenvalue weighted by atomic mass is 19.3. The van der Waals surface area contributed by atoms with E-state index in [4.69, 9.17) is 0 Å². The Labute approximate surface area is 158 Å². The Balaban J connectivity index is 1.86. The number of aryl methyl sites for hydroxylation is 1. The maximum Gasteiger partial charge on any atom is 0.387 e. The second kappa shape index (κ2) is 10.7. The van der Waals surface area contributed by atoms with E-state index in [0.29, 0.717) is 43.5 Å². The van der Waals surface area contributed by atoms with Crippen LogP contribution >= 0.6 is 0 Å². The number of guanidine groups is 1. The van der Waals surface area contributed by atoms with E-state index in [-0.39, 0.29) is 18.2 Å². The number of alkyl halides is 2. The summed E-state index contributed by atoms with van der Waals surface area (Å²) in [7, 11) is 0. The Kier molecular flexibility index (Phi) is 8.29. The number of carbonyl (C=O) groups excluding carboxylic acids is 1. The van der Waals surface area contributed by atoms with Crippen molar-refractivity contribution >= 4 is 11.9 Å². The highest BCUT2D eigenvalue weighted by Crippen LogP contribution is 2.23. The molecular weight excluding hydrogens is 354 g/mol. The SMILES string of the molecule is CCNC(=NCc1cc(C)ccc1OC(F)F)NCCCC(=O)NC1CC1. The van der Waals surface area contributed by atoms with Gasteiger partial charge in [-0.05, 0) is 39.2 Å². The van der Waals surface area contributed by atoms with Crippen LogP contribution in [0, 0.1) is 6.92 Å². The highest BCUT2D eigenvalue weighted by molar-refractivity contribution is 5.80. The van der Waals surface area contributed by atoms with Crippen molar-refractivity contribution in [1.29, 1.82) is 0 Å². The molecule has 0 aromatic heterocycles. The van der Waals surface area contributed by atoms with Gasteiger partial charge in [-0.2, -0.15) is 8.78 Å². The molecule has 0 radical (unpaired) electrons. The van der Waals surface area contributed by atoms with E-state index >= 15 is 0 Å². The third-order valence-electron chi connectivity index (χ3n) is 4.00. The number of aliphatic imine (C=N–C) groups is 1. The molecule has 1 saturated carbocycles. The standard InChI is InChI=1S/C19H28F2N4O2/c1-3-22-19(23-10-4-5-17(26)25-15-7-8-15)24-12-14-11-13(2)6-9-16(14)27-18(20)21/h6,9,11,15,18H,3-5,7-8,10,12H2,1-2H3,(H,25,26)(H2,22,23,24). The summed E-state index contributed by atoms with van der Waals surface area (Å²) in [6, 6.07) is 5.42. The minimum atomic E-state index is -2.87. The summed E-state index contributed by atoms with van der Waals surface area (Å²) >= 11 is 0. The van der Waals surface area contributed by atoms with E-state index in [1.165, 1.54) is 6.07 Å². The molecule has 6 nitrogen and oxygen atoms in total. The fourth-order valence-corrected chi connectivity index (χ4v) is 2.53. The first kappa shape index (κ1) is 20.9. The van der Waals surface area contributed by atoms with E-state index in [1.807, 2.05) is 13.8 Å². The number of nitrogens with one attached hydrogen (secondary N) is 3. The molecule has 27 heavy (non-hydrogen) atoms. The first-order valence-electron chi connectivity index (χ1n) is 9.33. The number of benzene rings is 1. The smallest absolute Gasteiger partial charge is 0.387 e. The lowest BCUT2D eigenvalue weighted by Crippen LogP contribution is -2.38.